The van der Waals surface area contributed by atoms with Crippen LogP contribution in [0.25, 0.3) is 0 Å². The Bertz CT molecular complexity index is 425. The summed E-state index contributed by atoms with van der Waals surface area (Å²) in [5, 5.41) is 2.54. The van der Waals surface area contributed by atoms with Crippen LogP contribution >= 0.6 is 0 Å². The van der Waals surface area contributed by atoms with Crippen molar-refractivity contribution in [2.24, 2.45) is 7.05 Å². The van der Waals surface area contributed by atoms with Crippen LogP contribution in [-0.4, -0.2) is 15.5 Å². The zero-order chi connectivity index (χ0) is 11.4. The van der Waals surface area contributed by atoms with Crippen molar-refractivity contribution in [3.63, 3.8) is 0 Å². The van der Waals surface area contributed by atoms with Crippen molar-refractivity contribution < 1.29 is 4.79 Å². The van der Waals surface area contributed by atoms with Crippen LogP contribution < -0.4 is 16.6 Å². The van der Waals surface area contributed by atoms with Gasteiger partial charge in [-0.25, -0.2) is 4.98 Å². The van der Waals surface area contributed by atoms with E-state index in [9.17, 15) is 9.59 Å². The van der Waals surface area contributed by atoms with Crippen LogP contribution in [0, 0.1) is 0 Å². The Labute approximate surface area is 87.1 Å². The molecular weight excluding hydrogens is 196 g/mol. The minimum absolute atomic E-state index is 0.0611. The quantitative estimate of drug-likeness (QED) is 0.740. The van der Waals surface area contributed by atoms with E-state index in [4.69, 9.17) is 5.73 Å². The summed E-state index contributed by atoms with van der Waals surface area (Å²) < 4.78 is 1.21. The van der Waals surface area contributed by atoms with Crippen molar-refractivity contribution in [1.29, 1.82) is 0 Å². The third-order valence-corrected chi connectivity index (χ3v) is 1.92. The predicted octanol–water partition coefficient (Wildman–Crippen LogP) is 0.101. The molecule has 6 heteroatoms. The fraction of sp³-hybridized carbons (Fsp3) is 0.444. The molecule has 82 valence electrons. The molecule has 6 nitrogen and oxygen atoms in total. The smallest absolute Gasteiger partial charge is 0.277 e. The average molecular weight is 210 g/mol. The second-order valence-electron chi connectivity index (χ2n) is 3.20. The molecule has 1 aromatic rings. The van der Waals surface area contributed by atoms with Crippen molar-refractivity contribution >= 4 is 17.5 Å². The maximum absolute atomic E-state index is 11.4. The zero-order valence-electron chi connectivity index (χ0n) is 8.78. The highest BCUT2D eigenvalue weighted by Crippen LogP contribution is 2.01. The molecule has 1 rings (SSSR count). The van der Waals surface area contributed by atoms with E-state index in [1.807, 2.05) is 6.92 Å². The van der Waals surface area contributed by atoms with Crippen molar-refractivity contribution in [3.05, 3.63) is 16.6 Å². The minimum Gasteiger partial charge on any atom is -0.393 e. The van der Waals surface area contributed by atoms with Gasteiger partial charge >= 0.3 is 0 Å². The Morgan fingerprint density at radius 1 is 1.67 bits per heavy atom. The summed E-state index contributed by atoms with van der Waals surface area (Å²) in [5.41, 5.74) is 5.07. The topological polar surface area (TPSA) is 90.0 Å². The molecule has 0 saturated carbocycles. The van der Waals surface area contributed by atoms with Crippen LogP contribution in [0.15, 0.2) is 11.0 Å². The van der Waals surface area contributed by atoms with Gasteiger partial charge in [0.15, 0.2) is 0 Å². The largest absolute Gasteiger partial charge is 0.393 e. The standard InChI is InChI=1S/C9H14N4O2/c1-3-4-7(14)12-9-11-5-6(10)8(15)13(9)2/h5H,3-4,10H2,1-2H3,(H,11,12,14). The molecule has 1 aromatic heterocycles. The van der Waals surface area contributed by atoms with Gasteiger partial charge in [0.1, 0.15) is 5.69 Å². The van der Waals surface area contributed by atoms with E-state index in [0.717, 1.165) is 6.42 Å². The summed E-state index contributed by atoms with van der Waals surface area (Å²) in [7, 11) is 1.51. The van der Waals surface area contributed by atoms with Crippen LogP contribution in [-0.2, 0) is 11.8 Å². The highest BCUT2D eigenvalue weighted by Gasteiger charge is 2.07. The predicted molar refractivity (Wildman–Crippen MR) is 57.4 cm³/mol. The molecule has 0 spiro atoms. The molecule has 0 aliphatic carbocycles. The molecule has 0 atom stereocenters. The third kappa shape index (κ3) is 2.55. The molecule has 0 radical (unpaired) electrons. The Hall–Kier alpha value is -1.85. The van der Waals surface area contributed by atoms with Crippen LogP contribution in [0.2, 0.25) is 0 Å². The lowest BCUT2D eigenvalue weighted by molar-refractivity contribution is -0.116. The normalized spacial score (nSPS) is 10.0. The molecule has 0 aromatic carbocycles. The first-order valence-electron chi connectivity index (χ1n) is 4.67. The number of anilines is 2. The van der Waals surface area contributed by atoms with E-state index in [0.29, 0.717) is 6.42 Å². The first-order valence-corrected chi connectivity index (χ1v) is 4.67. The van der Waals surface area contributed by atoms with Crippen LogP contribution in [0.1, 0.15) is 19.8 Å². The summed E-state index contributed by atoms with van der Waals surface area (Å²) in [5.74, 6) is 0.0532. The summed E-state index contributed by atoms with van der Waals surface area (Å²) in [6.07, 6.45) is 2.39. The number of aromatic nitrogens is 2. The molecule has 3 N–H and O–H groups in total. The van der Waals surface area contributed by atoms with Gasteiger partial charge in [0.25, 0.3) is 5.56 Å². The number of carbonyl (C=O) groups excluding carboxylic acids is 1. The summed E-state index contributed by atoms with van der Waals surface area (Å²) in [6.45, 7) is 1.90. The number of nitrogens with two attached hydrogens (primary N) is 1. The van der Waals surface area contributed by atoms with Crippen LogP contribution in [0.5, 0.6) is 0 Å². The lowest BCUT2D eigenvalue weighted by Gasteiger charge is -2.08. The van der Waals surface area contributed by atoms with Gasteiger partial charge in [0.05, 0.1) is 6.20 Å². The molecule has 0 bridgehead atoms. The lowest BCUT2D eigenvalue weighted by atomic mass is 10.3. The van der Waals surface area contributed by atoms with Gasteiger partial charge in [-0.1, -0.05) is 6.92 Å². The second-order valence-corrected chi connectivity index (χ2v) is 3.20. The van der Waals surface area contributed by atoms with Gasteiger partial charge in [-0.05, 0) is 6.42 Å². The Kier molecular flexibility index (Phi) is 3.43. The Balaban J connectivity index is 2.92. The summed E-state index contributed by atoms with van der Waals surface area (Å²) >= 11 is 0. The number of carbonyl (C=O) groups is 1. The van der Waals surface area contributed by atoms with E-state index in [1.54, 1.807) is 0 Å². The van der Waals surface area contributed by atoms with Crippen molar-refractivity contribution in [2.75, 3.05) is 11.1 Å². The summed E-state index contributed by atoms with van der Waals surface area (Å²) in [4.78, 5) is 26.5. The lowest BCUT2D eigenvalue weighted by Crippen LogP contribution is -2.26. The maximum Gasteiger partial charge on any atom is 0.277 e. The van der Waals surface area contributed by atoms with Crippen LogP contribution in [0.3, 0.4) is 0 Å². The van der Waals surface area contributed by atoms with Crippen molar-refractivity contribution in [1.82, 2.24) is 9.55 Å². The van der Waals surface area contributed by atoms with Gasteiger partial charge in [0.2, 0.25) is 11.9 Å². The van der Waals surface area contributed by atoms with E-state index in [2.05, 4.69) is 10.3 Å². The van der Waals surface area contributed by atoms with Gasteiger partial charge in [-0.15, -0.1) is 0 Å². The van der Waals surface area contributed by atoms with E-state index in [-0.39, 0.29) is 23.1 Å². The zero-order valence-corrected chi connectivity index (χ0v) is 8.78. The number of nitrogen functional groups attached to an aromatic ring is 1. The average Bonchev–Trinajstić information content (AvgIpc) is 2.20. The first kappa shape index (κ1) is 11.2. The van der Waals surface area contributed by atoms with Gasteiger partial charge in [-0.2, -0.15) is 0 Å². The number of amides is 1. The maximum atomic E-state index is 11.4. The number of rotatable bonds is 3. The molecule has 0 aliphatic rings. The Morgan fingerprint density at radius 3 is 2.93 bits per heavy atom. The second kappa shape index (κ2) is 4.59. The van der Waals surface area contributed by atoms with E-state index < -0.39 is 0 Å². The van der Waals surface area contributed by atoms with Gasteiger partial charge in [0, 0.05) is 13.5 Å². The molecule has 0 fully saturated rings. The van der Waals surface area contributed by atoms with Gasteiger partial charge < -0.3 is 5.73 Å². The SMILES string of the molecule is CCCC(=O)Nc1ncc(N)c(=O)n1C. The van der Waals surface area contributed by atoms with Gasteiger partial charge in [-0.3, -0.25) is 19.5 Å². The highest BCUT2D eigenvalue weighted by atomic mass is 16.2. The monoisotopic (exact) mass is 210 g/mol. The molecule has 1 heterocycles. The van der Waals surface area contributed by atoms with Crippen LogP contribution in [0.4, 0.5) is 11.6 Å². The fourth-order valence-electron chi connectivity index (χ4n) is 1.09. The number of hydrogen-bond donors (Lipinski definition) is 2. The molecule has 15 heavy (non-hydrogen) atoms. The third-order valence-electron chi connectivity index (χ3n) is 1.92. The number of hydrogen-bond acceptors (Lipinski definition) is 4. The highest BCUT2D eigenvalue weighted by molar-refractivity contribution is 5.88. The fourth-order valence-corrected chi connectivity index (χ4v) is 1.09. The molecule has 0 aliphatic heterocycles. The minimum atomic E-state index is -0.364. The molecule has 1 amide bonds. The van der Waals surface area contributed by atoms with E-state index >= 15 is 0 Å². The van der Waals surface area contributed by atoms with Crippen molar-refractivity contribution in [2.45, 2.75) is 19.8 Å². The van der Waals surface area contributed by atoms with E-state index in [1.165, 1.54) is 17.8 Å². The Morgan fingerprint density at radius 2 is 2.33 bits per heavy atom. The molecule has 0 unspecified atom stereocenters. The molecular formula is C9H14N4O2. The summed E-state index contributed by atoms with van der Waals surface area (Å²) in [6, 6.07) is 0. The number of nitrogens with zero attached hydrogens (tertiary/aromatic N) is 2. The molecule has 0 saturated heterocycles. The first-order chi connectivity index (χ1) is 7.06. The van der Waals surface area contributed by atoms with Crippen molar-refractivity contribution in [3.8, 4) is 0 Å². The number of nitrogens with one attached hydrogen (secondary N) is 1.